The molecule has 4 aromatic carbocycles. The van der Waals surface area contributed by atoms with Crippen molar-refractivity contribution in [3.63, 3.8) is 0 Å². The summed E-state index contributed by atoms with van der Waals surface area (Å²) in [6.45, 7) is 15.9. The van der Waals surface area contributed by atoms with Gasteiger partial charge in [-0.3, -0.25) is 0 Å². The Balaban J connectivity index is 1.44. The second kappa shape index (κ2) is 15.9. The highest BCUT2D eigenvalue weighted by atomic mass is 28.4. The number of hydrogen-bond donors (Lipinski definition) is 1. The van der Waals surface area contributed by atoms with Crippen LogP contribution in [-0.2, 0) is 8.85 Å². The summed E-state index contributed by atoms with van der Waals surface area (Å²) in [5, 5.41) is 15.4. The maximum absolute atomic E-state index is 10.8. The van der Waals surface area contributed by atoms with Gasteiger partial charge in [0.25, 0.3) is 16.6 Å². The smallest absolute Gasteiger partial charge is 0.262 e. The van der Waals surface area contributed by atoms with Gasteiger partial charge < -0.3 is 14.0 Å². The van der Waals surface area contributed by atoms with Crippen LogP contribution in [0, 0.1) is 23.7 Å². The van der Waals surface area contributed by atoms with E-state index in [-0.39, 0.29) is 16.2 Å². The molecule has 5 heteroatoms. The first-order chi connectivity index (χ1) is 22.4. The van der Waals surface area contributed by atoms with Crippen LogP contribution in [0.2, 0.25) is 10.1 Å². The van der Waals surface area contributed by atoms with Gasteiger partial charge in [0.1, 0.15) is 6.10 Å². The minimum absolute atomic E-state index is 0.111. The third-order valence-corrected chi connectivity index (χ3v) is 18.7. The van der Waals surface area contributed by atoms with E-state index < -0.39 is 22.7 Å². The zero-order valence-electron chi connectivity index (χ0n) is 29.1. The Kier molecular flexibility index (Phi) is 12.3. The Labute approximate surface area is 285 Å². The van der Waals surface area contributed by atoms with Crippen LogP contribution in [-0.4, -0.2) is 40.6 Å². The lowest BCUT2D eigenvalue weighted by Crippen LogP contribution is -2.67. The highest BCUT2D eigenvalue weighted by Gasteiger charge is 2.51. The van der Waals surface area contributed by atoms with E-state index in [1.165, 1.54) is 20.7 Å². The first kappa shape index (κ1) is 36.2. The van der Waals surface area contributed by atoms with Crippen molar-refractivity contribution in [1.82, 2.24) is 0 Å². The van der Waals surface area contributed by atoms with Crippen molar-refractivity contribution >= 4 is 37.4 Å². The summed E-state index contributed by atoms with van der Waals surface area (Å²) in [4.78, 5) is 0. The fraction of sp³-hybridized carbons (Fsp3) is 0.333. The molecule has 244 valence electrons. The number of benzene rings is 4. The zero-order chi connectivity index (χ0) is 34.0. The Morgan fingerprint density at radius 2 is 0.915 bits per heavy atom. The van der Waals surface area contributed by atoms with Gasteiger partial charge in [-0.25, -0.2) is 0 Å². The van der Waals surface area contributed by atoms with Crippen LogP contribution in [0.15, 0.2) is 121 Å². The molecule has 0 radical (unpaired) electrons. The molecule has 0 aliphatic rings. The van der Waals surface area contributed by atoms with Gasteiger partial charge in [0.2, 0.25) is 0 Å². The van der Waals surface area contributed by atoms with Crippen molar-refractivity contribution in [3.05, 3.63) is 121 Å². The number of aliphatic hydroxyl groups is 1. The van der Waals surface area contributed by atoms with E-state index in [0.717, 1.165) is 0 Å². The molecular formula is C42H50O3Si2. The van der Waals surface area contributed by atoms with Crippen LogP contribution in [0.3, 0.4) is 0 Å². The molecule has 0 heterocycles. The van der Waals surface area contributed by atoms with Gasteiger partial charge in [-0.05, 0) is 37.7 Å². The van der Waals surface area contributed by atoms with Gasteiger partial charge in [-0.2, -0.15) is 0 Å². The predicted octanol–water partition coefficient (Wildman–Crippen LogP) is 6.68. The summed E-state index contributed by atoms with van der Waals surface area (Å²) < 4.78 is 13.9. The molecule has 1 N–H and O–H groups in total. The lowest BCUT2D eigenvalue weighted by molar-refractivity contribution is 0.186. The highest BCUT2D eigenvalue weighted by molar-refractivity contribution is 7.00. The molecule has 0 spiro atoms. The van der Waals surface area contributed by atoms with Crippen LogP contribution >= 0.6 is 0 Å². The Hall–Kier alpha value is -3.69. The minimum atomic E-state index is -2.70. The minimum Gasteiger partial charge on any atom is -0.396 e. The summed E-state index contributed by atoms with van der Waals surface area (Å²) in [6, 6.07) is 42.3. The highest BCUT2D eigenvalue weighted by Crippen LogP contribution is 2.38. The molecular weight excluding hydrogens is 609 g/mol. The molecule has 2 atom stereocenters. The Morgan fingerprint density at radius 1 is 0.553 bits per heavy atom. The predicted molar refractivity (Wildman–Crippen MR) is 203 cm³/mol. The third kappa shape index (κ3) is 8.43. The molecule has 0 fully saturated rings. The SMILES string of the molecule is CC(C#CCC(O)CC#CCO[Si](c1ccccc1)(c1ccccc1)C(C)(C)C)O[Si](c1ccccc1)(c1ccccc1)C(C)(C)C. The molecule has 47 heavy (non-hydrogen) atoms. The number of aliphatic hydroxyl groups excluding tert-OH is 1. The van der Waals surface area contributed by atoms with Crippen LogP contribution in [0.1, 0.15) is 61.3 Å². The second-order valence-electron chi connectivity index (χ2n) is 14.1. The van der Waals surface area contributed by atoms with E-state index in [0.29, 0.717) is 19.4 Å². The van der Waals surface area contributed by atoms with Crippen molar-refractivity contribution in [2.24, 2.45) is 0 Å². The van der Waals surface area contributed by atoms with Crippen molar-refractivity contribution in [2.45, 2.75) is 83.6 Å². The molecule has 0 saturated heterocycles. The average molecular weight is 659 g/mol. The monoisotopic (exact) mass is 658 g/mol. The summed E-state index contributed by atoms with van der Waals surface area (Å²) in [7, 11) is -5.34. The van der Waals surface area contributed by atoms with E-state index in [4.69, 9.17) is 8.85 Å². The second-order valence-corrected chi connectivity index (χ2v) is 22.7. The standard InChI is InChI=1S/C42H50O3Si2/c1-35(45-47(42(5,6)7,39-30-16-10-17-31-39)40-32-18-11-19-33-40)23-22-25-36(43)24-20-21-34-44-46(41(2,3)4,37-26-12-8-13-27-37)38-28-14-9-15-29-38/h8-19,26-33,35-36,43H,24-25,34H2,1-7H3. The Morgan fingerprint density at radius 3 is 1.30 bits per heavy atom. The molecule has 0 amide bonds. The molecule has 4 aromatic rings. The van der Waals surface area contributed by atoms with E-state index in [1.807, 2.05) is 31.2 Å². The largest absolute Gasteiger partial charge is 0.396 e. The van der Waals surface area contributed by atoms with Gasteiger partial charge in [-0.15, -0.1) is 0 Å². The fourth-order valence-electron chi connectivity index (χ4n) is 6.53. The summed E-state index contributed by atoms with van der Waals surface area (Å²) >= 11 is 0. The van der Waals surface area contributed by atoms with E-state index in [9.17, 15) is 5.11 Å². The van der Waals surface area contributed by atoms with Gasteiger partial charge in [-0.1, -0.05) is 187 Å². The van der Waals surface area contributed by atoms with Crippen molar-refractivity contribution < 1.29 is 14.0 Å². The zero-order valence-corrected chi connectivity index (χ0v) is 31.1. The van der Waals surface area contributed by atoms with Crippen molar-refractivity contribution in [2.75, 3.05) is 6.61 Å². The summed E-state index contributed by atoms with van der Waals surface area (Å²) in [6.07, 6.45) is -0.288. The van der Waals surface area contributed by atoms with Crippen molar-refractivity contribution in [1.29, 1.82) is 0 Å². The molecule has 2 unspecified atom stereocenters. The van der Waals surface area contributed by atoms with Gasteiger partial charge in [0.05, 0.1) is 12.7 Å². The molecule has 4 rings (SSSR count). The molecule has 0 aromatic heterocycles. The van der Waals surface area contributed by atoms with Crippen molar-refractivity contribution in [3.8, 4) is 23.7 Å². The van der Waals surface area contributed by atoms with Gasteiger partial charge in [0, 0.05) is 12.8 Å². The lowest BCUT2D eigenvalue weighted by atomic mass is 10.2. The maximum Gasteiger partial charge on any atom is 0.262 e. The molecule has 0 aliphatic heterocycles. The normalized spacial score (nSPS) is 13.4. The molecule has 0 bridgehead atoms. The summed E-state index contributed by atoms with van der Waals surface area (Å²) in [5.74, 6) is 12.8. The molecule has 0 aliphatic carbocycles. The van der Waals surface area contributed by atoms with E-state index >= 15 is 0 Å². The van der Waals surface area contributed by atoms with Crippen LogP contribution in [0.4, 0.5) is 0 Å². The van der Waals surface area contributed by atoms with Crippen LogP contribution in [0.25, 0.3) is 0 Å². The first-order valence-electron chi connectivity index (χ1n) is 16.6. The average Bonchev–Trinajstić information content (AvgIpc) is 3.06. The van der Waals surface area contributed by atoms with E-state index in [2.05, 4.69) is 162 Å². The molecule has 3 nitrogen and oxygen atoms in total. The fourth-order valence-corrected chi connectivity index (χ4v) is 15.6. The van der Waals surface area contributed by atoms with E-state index in [1.54, 1.807) is 0 Å². The lowest BCUT2D eigenvalue weighted by Gasteiger charge is -2.44. The van der Waals surface area contributed by atoms with Crippen LogP contribution < -0.4 is 20.7 Å². The number of rotatable bonds is 10. The first-order valence-corrected chi connectivity index (χ1v) is 20.4. The van der Waals surface area contributed by atoms with Crippen LogP contribution in [0.5, 0.6) is 0 Å². The Bertz CT molecular complexity index is 1570. The maximum atomic E-state index is 10.8. The molecule has 0 saturated carbocycles. The summed E-state index contributed by atoms with van der Waals surface area (Å²) in [5.41, 5.74) is 0. The number of hydrogen-bond acceptors (Lipinski definition) is 3. The van der Waals surface area contributed by atoms with Gasteiger partial charge >= 0.3 is 0 Å². The van der Waals surface area contributed by atoms with Gasteiger partial charge in [0.15, 0.2) is 0 Å². The third-order valence-electron chi connectivity index (χ3n) is 8.65. The topological polar surface area (TPSA) is 38.7 Å². The quantitative estimate of drug-likeness (QED) is 0.153.